The van der Waals surface area contributed by atoms with Gasteiger partial charge < -0.3 is 54.4 Å². The predicted octanol–water partition coefficient (Wildman–Crippen LogP) is 1.73. The van der Waals surface area contributed by atoms with Gasteiger partial charge in [-0.2, -0.15) is 0 Å². The summed E-state index contributed by atoms with van der Waals surface area (Å²) in [5, 5.41) is 70.9. The fraction of sp³-hybridized carbons (Fsp3) is 0.200. The zero-order chi connectivity index (χ0) is 30.8. The Hall–Kier alpha value is -5.08. The summed E-state index contributed by atoms with van der Waals surface area (Å²) in [6, 6.07) is 13.9. The average molecular weight is 595 g/mol. The summed E-state index contributed by atoms with van der Waals surface area (Å²) in [7, 11) is 0. The van der Waals surface area contributed by atoms with Crippen molar-refractivity contribution >= 4 is 23.0 Å². The second-order valence-electron chi connectivity index (χ2n) is 9.65. The van der Waals surface area contributed by atoms with Gasteiger partial charge >= 0.3 is 5.97 Å². The fourth-order valence-corrected chi connectivity index (χ4v) is 4.37. The molecule has 0 saturated carbocycles. The highest BCUT2D eigenvalue weighted by atomic mass is 16.7. The zero-order valence-corrected chi connectivity index (χ0v) is 22.1. The molecule has 0 aliphatic carbocycles. The number of esters is 1. The van der Waals surface area contributed by atoms with Gasteiger partial charge in [-0.25, -0.2) is 4.79 Å². The number of phenols is 4. The first-order valence-corrected chi connectivity index (χ1v) is 12.8. The van der Waals surface area contributed by atoms with E-state index in [-0.39, 0.29) is 28.2 Å². The molecule has 5 atom stereocenters. The normalized spacial score (nSPS) is 22.1. The van der Waals surface area contributed by atoms with E-state index in [1.165, 1.54) is 42.5 Å². The van der Waals surface area contributed by atoms with Crippen LogP contribution in [0.1, 0.15) is 5.56 Å². The van der Waals surface area contributed by atoms with Crippen LogP contribution in [0.5, 0.6) is 28.7 Å². The molecule has 43 heavy (non-hydrogen) atoms. The highest BCUT2D eigenvalue weighted by Crippen LogP contribution is 2.42. The smallest absolute Gasteiger partial charge is 0.330 e. The third-order valence-corrected chi connectivity index (χ3v) is 6.69. The maximum atomic E-state index is 12.8. The van der Waals surface area contributed by atoms with E-state index >= 15 is 0 Å². The largest absolute Gasteiger partial charge is 0.508 e. The number of benzene rings is 3. The number of aromatic hydroxyl groups is 4. The second-order valence-corrected chi connectivity index (χ2v) is 9.65. The maximum Gasteiger partial charge on any atom is 0.330 e. The van der Waals surface area contributed by atoms with Crippen LogP contribution >= 0.6 is 0 Å². The molecule has 7 N–H and O–H groups in total. The molecular weight excluding hydrogens is 568 g/mol. The lowest BCUT2D eigenvalue weighted by Crippen LogP contribution is -2.60. The summed E-state index contributed by atoms with van der Waals surface area (Å²) < 4.78 is 21.9. The van der Waals surface area contributed by atoms with Gasteiger partial charge in [-0.15, -0.1) is 0 Å². The molecule has 5 rings (SSSR count). The van der Waals surface area contributed by atoms with Gasteiger partial charge in [0.05, 0.1) is 0 Å². The van der Waals surface area contributed by atoms with Crippen molar-refractivity contribution < 1.29 is 59.2 Å². The lowest BCUT2D eigenvalue weighted by Gasteiger charge is -2.39. The van der Waals surface area contributed by atoms with E-state index in [1.807, 2.05) is 0 Å². The van der Waals surface area contributed by atoms with E-state index in [9.17, 15) is 45.3 Å². The van der Waals surface area contributed by atoms with E-state index in [2.05, 4.69) is 0 Å². The van der Waals surface area contributed by atoms with Crippen LogP contribution in [0.25, 0.3) is 28.4 Å². The number of carbonyl (C=O) groups excluding carboxylic acids is 1. The van der Waals surface area contributed by atoms with Gasteiger partial charge in [0.2, 0.25) is 12.0 Å². The van der Waals surface area contributed by atoms with Crippen LogP contribution in [0.4, 0.5) is 0 Å². The Kier molecular flexibility index (Phi) is 8.23. The minimum Gasteiger partial charge on any atom is -0.508 e. The van der Waals surface area contributed by atoms with Crippen LogP contribution in [-0.4, -0.2) is 79.0 Å². The molecule has 1 aromatic heterocycles. The van der Waals surface area contributed by atoms with Crippen LogP contribution in [-0.2, 0) is 14.3 Å². The quantitative estimate of drug-likeness (QED) is 0.0923. The molecule has 1 aliphatic rings. The Bertz CT molecular complexity index is 1710. The molecule has 3 aromatic carbocycles. The lowest BCUT2D eigenvalue weighted by atomic mass is 9.99. The van der Waals surface area contributed by atoms with Crippen molar-refractivity contribution in [1.82, 2.24) is 0 Å². The number of phenolic OH excluding ortho intramolecular Hbond substituents is 4. The third-order valence-electron chi connectivity index (χ3n) is 6.69. The van der Waals surface area contributed by atoms with Crippen molar-refractivity contribution in [2.75, 3.05) is 6.61 Å². The highest BCUT2D eigenvalue weighted by molar-refractivity contribution is 5.89. The highest BCUT2D eigenvalue weighted by Gasteiger charge is 2.46. The van der Waals surface area contributed by atoms with Crippen LogP contribution in [0.3, 0.4) is 0 Å². The average Bonchev–Trinajstić information content (AvgIpc) is 2.99. The number of ether oxygens (including phenoxy) is 3. The molecule has 0 radical (unpaired) electrons. The molecule has 2 heterocycles. The van der Waals surface area contributed by atoms with E-state index in [1.54, 1.807) is 12.1 Å². The lowest BCUT2D eigenvalue weighted by molar-refractivity contribution is -0.278. The summed E-state index contributed by atoms with van der Waals surface area (Å²) in [5.74, 6) is -2.98. The summed E-state index contributed by atoms with van der Waals surface area (Å²) in [6.45, 7) is -0.566. The molecule has 224 valence electrons. The molecule has 0 amide bonds. The van der Waals surface area contributed by atoms with Crippen molar-refractivity contribution in [3.05, 3.63) is 82.5 Å². The molecule has 1 fully saturated rings. The number of hydrogen-bond donors (Lipinski definition) is 7. The number of aliphatic hydroxyl groups is 3. The predicted molar refractivity (Wildman–Crippen MR) is 148 cm³/mol. The Morgan fingerprint density at radius 3 is 2.16 bits per heavy atom. The SMILES string of the molecule is O=C(/C=C/c1ccc(O)cc1)OC[C@H]1O[C@@H](Oc2cc3oc(-c4ccc(O)cc4)cc(=O)c3c(O)c2O)[C@H](O)[C@@H](O)[C@@H]1O. The number of hydrogen-bond acceptors (Lipinski definition) is 13. The topological polar surface area (TPSA) is 217 Å². The minimum atomic E-state index is -1.86. The number of fused-ring (bicyclic) bond motifs is 1. The van der Waals surface area contributed by atoms with E-state index < -0.39 is 66.0 Å². The maximum absolute atomic E-state index is 12.8. The Balaban J connectivity index is 1.35. The summed E-state index contributed by atoms with van der Waals surface area (Å²) >= 11 is 0. The first-order valence-electron chi connectivity index (χ1n) is 12.8. The molecule has 1 aliphatic heterocycles. The fourth-order valence-electron chi connectivity index (χ4n) is 4.37. The van der Waals surface area contributed by atoms with Crippen molar-refractivity contribution in [2.45, 2.75) is 30.7 Å². The molecule has 0 unspecified atom stereocenters. The standard InChI is InChI=1S/C30H26O13/c31-16-6-1-14(2-7-16)3-10-23(34)40-13-22-26(36)28(38)29(39)30(43-22)42-21-12-20-24(27(37)25(21)35)18(33)11-19(41-20)15-4-8-17(32)9-5-15/h1-12,22,26,28-32,35-39H,13H2/b10-3+/t22-,26-,28+,29-,30-/m1/s1. The summed E-state index contributed by atoms with van der Waals surface area (Å²) in [6.07, 6.45) is -6.00. The summed E-state index contributed by atoms with van der Waals surface area (Å²) in [5.41, 5.74) is 0.112. The monoisotopic (exact) mass is 594 g/mol. The van der Waals surface area contributed by atoms with E-state index in [0.717, 1.165) is 18.2 Å². The number of carbonyl (C=O) groups is 1. The van der Waals surface area contributed by atoms with Crippen LogP contribution in [0.2, 0.25) is 0 Å². The molecule has 0 spiro atoms. The van der Waals surface area contributed by atoms with Gasteiger partial charge in [0.1, 0.15) is 59.3 Å². The Morgan fingerprint density at radius 2 is 1.49 bits per heavy atom. The van der Waals surface area contributed by atoms with Gasteiger partial charge in [-0.3, -0.25) is 4.79 Å². The van der Waals surface area contributed by atoms with Gasteiger partial charge in [0, 0.05) is 23.8 Å². The first kappa shape index (κ1) is 29.4. The van der Waals surface area contributed by atoms with Gasteiger partial charge in [-0.05, 0) is 48.0 Å². The summed E-state index contributed by atoms with van der Waals surface area (Å²) in [4.78, 5) is 24.9. The molecule has 1 saturated heterocycles. The Labute approximate surface area is 242 Å². The van der Waals surface area contributed by atoms with Gasteiger partial charge in [0.25, 0.3) is 0 Å². The van der Waals surface area contributed by atoms with Gasteiger partial charge in [0.15, 0.2) is 16.9 Å². The van der Waals surface area contributed by atoms with Crippen molar-refractivity contribution in [1.29, 1.82) is 0 Å². The van der Waals surface area contributed by atoms with E-state index in [4.69, 9.17) is 18.6 Å². The minimum absolute atomic E-state index is 0.0119. The molecular formula is C30H26O13. The van der Waals surface area contributed by atoms with Crippen molar-refractivity contribution in [2.24, 2.45) is 0 Å². The third kappa shape index (κ3) is 6.24. The zero-order valence-electron chi connectivity index (χ0n) is 22.1. The molecule has 4 aromatic rings. The number of rotatable bonds is 7. The number of aliphatic hydroxyl groups excluding tert-OH is 3. The van der Waals surface area contributed by atoms with E-state index in [0.29, 0.717) is 11.1 Å². The van der Waals surface area contributed by atoms with Gasteiger partial charge in [-0.1, -0.05) is 12.1 Å². The van der Waals surface area contributed by atoms with Crippen LogP contribution < -0.4 is 10.2 Å². The Morgan fingerprint density at radius 1 is 0.837 bits per heavy atom. The van der Waals surface area contributed by atoms with Crippen molar-refractivity contribution in [3.8, 4) is 40.1 Å². The second kappa shape index (κ2) is 12.0. The van der Waals surface area contributed by atoms with Crippen molar-refractivity contribution in [3.63, 3.8) is 0 Å². The first-order chi connectivity index (χ1) is 20.5. The molecule has 13 nitrogen and oxygen atoms in total. The van der Waals surface area contributed by atoms with Crippen LogP contribution in [0.15, 0.2) is 76.0 Å². The molecule has 13 heteroatoms. The van der Waals surface area contributed by atoms with Crippen LogP contribution in [0, 0.1) is 0 Å². The molecule has 0 bridgehead atoms.